The highest BCUT2D eigenvalue weighted by Crippen LogP contribution is 2.15. The number of hydrogen-bond acceptors (Lipinski definition) is 3. The van der Waals surface area contributed by atoms with Crippen LogP contribution in [0, 0.1) is 0 Å². The van der Waals surface area contributed by atoms with Crippen molar-refractivity contribution in [1.82, 2.24) is 14.7 Å². The van der Waals surface area contributed by atoms with Crippen molar-refractivity contribution in [1.29, 1.82) is 0 Å². The maximum absolute atomic E-state index is 12.1. The summed E-state index contributed by atoms with van der Waals surface area (Å²) in [6.45, 7) is 3.61. The van der Waals surface area contributed by atoms with E-state index in [-0.39, 0.29) is 11.9 Å². The highest BCUT2D eigenvalue weighted by molar-refractivity contribution is 5.80. The molecule has 1 unspecified atom stereocenters. The van der Waals surface area contributed by atoms with Crippen LogP contribution < -0.4 is 5.73 Å². The van der Waals surface area contributed by atoms with E-state index < -0.39 is 0 Å². The number of nitrogen functional groups attached to an aromatic ring is 1. The molecule has 2 N–H and O–H groups in total. The van der Waals surface area contributed by atoms with Crippen LogP contribution in [0.3, 0.4) is 0 Å². The number of aromatic nitrogens is 2. The van der Waals surface area contributed by atoms with Crippen LogP contribution >= 0.6 is 0 Å². The number of nitrogens with two attached hydrogens (primary N) is 1. The van der Waals surface area contributed by atoms with E-state index in [1.165, 1.54) is 6.42 Å². The minimum atomic E-state index is -0.254. The number of rotatable bonds is 2. The summed E-state index contributed by atoms with van der Waals surface area (Å²) in [5.41, 5.74) is 6.18. The van der Waals surface area contributed by atoms with Crippen LogP contribution in [0.2, 0.25) is 0 Å². The Kier molecular flexibility index (Phi) is 3.12. The Morgan fingerprint density at radius 2 is 2.12 bits per heavy atom. The van der Waals surface area contributed by atoms with Gasteiger partial charge in [-0.15, -0.1) is 0 Å². The monoisotopic (exact) mass is 222 g/mol. The van der Waals surface area contributed by atoms with Crippen LogP contribution in [0.1, 0.15) is 32.2 Å². The number of carbonyl (C=O) groups is 1. The molecule has 1 aromatic rings. The first-order chi connectivity index (χ1) is 7.68. The summed E-state index contributed by atoms with van der Waals surface area (Å²) in [6, 6.07) is -0.254. The van der Waals surface area contributed by atoms with Crippen molar-refractivity contribution in [3.63, 3.8) is 0 Å². The Morgan fingerprint density at radius 1 is 1.44 bits per heavy atom. The van der Waals surface area contributed by atoms with Gasteiger partial charge in [0.25, 0.3) is 0 Å². The SMILES string of the molecule is CC(C(=O)N1CCCCC1)n1cc(N)cn1. The molecule has 0 spiro atoms. The van der Waals surface area contributed by atoms with E-state index in [0.717, 1.165) is 25.9 Å². The fourth-order valence-electron chi connectivity index (χ4n) is 2.06. The van der Waals surface area contributed by atoms with Crippen LogP contribution in [0.25, 0.3) is 0 Å². The lowest BCUT2D eigenvalue weighted by atomic mass is 10.1. The summed E-state index contributed by atoms with van der Waals surface area (Å²) < 4.78 is 1.63. The van der Waals surface area contributed by atoms with Crippen molar-refractivity contribution in [2.45, 2.75) is 32.2 Å². The standard InChI is InChI=1S/C11H18N4O/c1-9(15-8-10(12)7-13-15)11(16)14-5-3-2-4-6-14/h7-9H,2-6,12H2,1H3. The van der Waals surface area contributed by atoms with Gasteiger partial charge in [0.15, 0.2) is 0 Å². The minimum Gasteiger partial charge on any atom is -0.396 e. The largest absolute Gasteiger partial charge is 0.396 e. The van der Waals surface area contributed by atoms with Gasteiger partial charge in [0.2, 0.25) is 5.91 Å². The highest BCUT2D eigenvalue weighted by atomic mass is 16.2. The lowest BCUT2D eigenvalue weighted by molar-refractivity contribution is -0.135. The summed E-state index contributed by atoms with van der Waals surface area (Å²) in [6.07, 6.45) is 6.72. The molecule has 88 valence electrons. The van der Waals surface area contributed by atoms with Gasteiger partial charge in [0.05, 0.1) is 11.9 Å². The van der Waals surface area contributed by atoms with E-state index in [2.05, 4.69) is 5.10 Å². The molecule has 2 heterocycles. The second kappa shape index (κ2) is 4.55. The van der Waals surface area contributed by atoms with Crippen LogP contribution in [-0.4, -0.2) is 33.7 Å². The fourth-order valence-corrected chi connectivity index (χ4v) is 2.06. The lowest BCUT2D eigenvalue weighted by Gasteiger charge is -2.29. The summed E-state index contributed by atoms with van der Waals surface area (Å²) in [4.78, 5) is 14.1. The average molecular weight is 222 g/mol. The molecule has 0 aromatic carbocycles. The predicted molar refractivity (Wildman–Crippen MR) is 61.8 cm³/mol. The number of anilines is 1. The zero-order valence-electron chi connectivity index (χ0n) is 9.59. The maximum Gasteiger partial charge on any atom is 0.247 e. The molecule has 0 bridgehead atoms. The quantitative estimate of drug-likeness (QED) is 0.813. The zero-order chi connectivity index (χ0) is 11.5. The Hall–Kier alpha value is -1.52. The number of hydrogen-bond donors (Lipinski definition) is 1. The molecule has 0 saturated carbocycles. The number of carbonyl (C=O) groups excluding carboxylic acids is 1. The van der Waals surface area contributed by atoms with E-state index in [1.54, 1.807) is 17.1 Å². The van der Waals surface area contributed by atoms with Crippen LogP contribution in [0.4, 0.5) is 5.69 Å². The first-order valence-electron chi connectivity index (χ1n) is 5.77. The Bertz CT molecular complexity index is 368. The molecule has 0 aliphatic carbocycles. The van der Waals surface area contributed by atoms with Gasteiger partial charge in [-0.1, -0.05) is 0 Å². The van der Waals surface area contributed by atoms with Crippen molar-refractivity contribution in [3.05, 3.63) is 12.4 Å². The minimum absolute atomic E-state index is 0.141. The third kappa shape index (κ3) is 2.18. The van der Waals surface area contributed by atoms with Gasteiger partial charge in [-0.05, 0) is 26.2 Å². The smallest absolute Gasteiger partial charge is 0.247 e. The van der Waals surface area contributed by atoms with Gasteiger partial charge < -0.3 is 10.6 Å². The van der Waals surface area contributed by atoms with Crippen LogP contribution in [0.15, 0.2) is 12.4 Å². The first-order valence-corrected chi connectivity index (χ1v) is 5.77. The Balaban J connectivity index is 2.03. The molecule has 1 aromatic heterocycles. The van der Waals surface area contributed by atoms with Crippen molar-refractivity contribution >= 4 is 11.6 Å². The van der Waals surface area contributed by atoms with Gasteiger partial charge >= 0.3 is 0 Å². The molecule has 5 nitrogen and oxygen atoms in total. The topological polar surface area (TPSA) is 64.2 Å². The van der Waals surface area contributed by atoms with Gasteiger partial charge in [-0.3, -0.25) is 9.48 Å². The average Bonchev–Trinajstić information content (AvgIpc) is 2.75. The molecule has 1 amide bonds. The van der Waals surface area contributed by atoms with Gasteiger partial charge in [0, 0.05) is 19.3 Å². The molecule has 5 heteroatoms. The predicted octanol–water partition coefficient (Wildman–Crippen LogP) is 1.04. The summed E-state index contributed by atoms with van der Waals surface area (Å²) in [7, 11) is 0. The normalized spacial score (nSPS) is 18.4. The van der Waals surface area contributed by atoms with Crippen LogP contribution in [0.5, 0.6) is 0 Å². The van der Waals surface area contributed by atoms with Crippen molar-refractivity contribution in [3.8, 4) is 0 Å². The van der Waals surface area contributed by atoms with Gasteiger partial charge in [0.1, 0.15) is 6.04 Å². The molecule has 1 saturated heterocycles. The summed E-state index contributed by atoms with van der Waals surface area (Å²) >= 11 is 0. The van der Waals surface area contributed by atoms with Crippen molar-refractivity contribution in [2.24, 2.45) is 0 Å². The second-order valence-corrected chi connectivity index (χ2v) is 4.32. The third-order valence-electron chi connectivity index (χ3n) is 3.04. The fraction of sp³-hybridized carbons (Fsp3) is 0.636. The number of piperidine rings is 1. The van der Waals surface area contributed by atoms with E-state index in [4.69, 9.17) is 5.73 Å². The van der Waals surface area contributed by atoms with Crippen molar-refractivity contribution < 1.29 is 4.79 Å². The number of likely N-dealkylation sites (tertiary alicyclic amines) is 1. The van der Waals surface area contributed by atoms with E-state index in [9.17, 15) is 4.79 Å². The molecule has 2 rings (SSSR count). The molecule has 1 aliphatic rings. The summed E-state index contributed by atoms with van der Waals surface area (Å²) in [5, 5.41) is 4.08. The maximum atomic E-state index is 12.1. The van der Waals surface area contributed by atoms with Crippen LogP contribution in [-0.2, 0) is 4.79 Å². The van der Waals surface area contributed by atoms with E-state index >= 15 is 0 Å². The Labute approximate surface area is 95.2 Å². The van der Waals surface area contributed by atoms with E-state index in [1.807, 2.05) is 11.8 Å². The molecule has 0 radical (unpaired) electrons. The molecular formula is C11H18N4O. The Morgan fingerprint density at radius 3 is 2.69 bits per heavy atom. The van der Waals surface area contributed by atoms with Gasteiger partial charge in [-0.2, -0.15) is 5.10 Å². The van der Waals surface area contributed by atoms with E-state index in [0.29, 0.717) is 5.69 Å². The molecule has 1 fully saturated rings. The third-order valence-corrected chi connectivity index (χ3v) is 3.04. The van der Waals surface area contributed by atoms with Crippen molar-refractivity contribution in [2.75, 3.05) is 18.8 Å². The molecule has 1 aliphatic heterocycles. The highest BCUT2D eigenvalue weighted by Gasteiger charge is 2.23. The molecule has 16 heavy (non-hydrogen) atoms. The number of amides is 1. The number of nitrogens with zero attached hydrogens (tertiary/aromatic N) is 3. The van der Waals surface area contributed by atoms with Gasteiger partial charge in [-0.25, -0.2) is 0 Å². The zero-order valence-corrected chi connectivity index (χ0v) is 9.59. The second-order valence-electron chi connectivity index (χ2n) is 4.32. The lowest BCUT2D eigenvalue weighted by Crippen LogP contribution is -2.39. The first kappa shape index (κ1) is 11.0. The molecular weight excluding hydrogens is 204 g/mol. The molecule has 1 atom stereocenters. The summed E-state index contributed by atoms with van der Waals surface area (Å²) in [5.74, 6) is 0.141.